The van der Waals surface area contributed by atoms with Gasteiger partial charge in [-0.1, -0.05) is 30.3 Å². The van der Waals surface area contributed by atoms with Gasteiger partial charge in [0.2, 0.25) is 0 Å². The minimum Gasteiger partial charge on any atom is -0.494 e. The molecule has 2 rings (SSSR count). The zero-order chi connectivity index (χ0) is 16.3. The van der Waals surface area contributed by atoms with E-state index in [9.17, 15) is 0 Å². The minimum absolute atomic E-state index is 0.194. The van der Waals surface area contributed by atoms with Crippen LogP contribution in [0.15, 0.2) is 54.6 Å². The Kier molecular flexibility index (Phi) is 7.84. The molecule has 3 nitrogen and oxygen atoms in total. The van der Waals surface area contributed by atoms with Crippen LogP contribution in [0.4, 0.5) is 0 Å². The van der Waals surface area contributed by atoms with E-state index >= 15 is 0 Å². The Labute approximate surface area is 144 Å². The predicted molar refractivity (Wildman–Crippen MR) is 98.4 cm³/mol. The van der Waals surface area contributed by atoms with Crippen molar-refractivity contribution in [3.63, 3.8) is 0 Å². The van der Waals surface area contributed by atoms with Crippen molar-refractivity contribution in [1.82, 2.24) is 0 Å². The van der Waals surface area contributed by atoms with Crippen LogP contribution in [0, 0.1) is 0 Å². The lowest BCUT2D eigenvalue weighted by Crippen LogP contribution is -2.21. The average molecular weight is 331 g/mol. The van der Waals surface area contributed by atoms with Gasteiger partial charge in [-0.3, -0.25) is 0 Å². The maximum atomic E-state index is 5.82. The summed E-state index contributed by atoms with van der Waals surface area (Å²) < 4.78 is 11.5. The van der Waals surface area contributed by atoms with Crippen LogP contribution in [-0.4, -0.2) is 18.4 Å². The summed E-state index contributed by atoms with van der Waals surface area (Å²) in [4.78, 5) is 0. The normalized spacial score (nSPS) is 11.9. The highest BCUT2D eigenvalue weighted by Crippen LogP contribution is 2.19. The highest BCUT2D eigenvalue weighted by molar-refractivity contribution is 7.80. The zero-order valence-corrected chi connectivity index (χ0v) is 14.3. The van der Waals surface area contributed by atoms with Crippen LogP contribution in [-0.2, 0) is 6.61 Å². The second-order valence-corrected chi connectivity index (χ2v) is 5.90. The van der Waals surface area contributed by atoms with Crippen LogP contribution in [0.1, 0.15) is 24.8 Å². The van der Waals surface area contributed by atoms with Crippen LogP contribution >= 0.6 is 12.6 Å². The fourth-order valence-corrected chi connectivity index (χ4v) is 2.35. The molecule has 2 aromatic rings. The molecular formula is C19H25NO2S. The molecule has 124 valence electrons. The number of ether oxygens (including phenoxy) is 2. The van der Waals surface area contributed by atoms with Gasteiger partial charge in [-0.25, -0.2) is 0 Å². The largest absolute Gasteiger partial charge is 0.494 e. The topological polar surface area (TPSA) is 44.5 Å². The lowest BCUT2D eigenvalue weighted by Gasteiger charge is -2.10. The van der Waals surface area contributed by atoms with Crippen molar-refractivity contribution in [3.05, 3.63) is 60.2 Å². The van der Waals surface area contributed by atoms with E-state index in [1.165, 1.54) is 0 Å². The summed E-state index contributed by atoms with van der Waals surface area (Å²) in [5.74, 6) is 2.46. The summed E-state index contributed by atoms with van der Waals surface area (Å²) in [6.07, 6.45) is 3.08. The number of unbranched alkanes of at least 4 members (excludes halogenated alkanes) is 1. The molecule has 0 saturated heterocycles. The maximum absolute atomic E-state index is 5.82. The van der Waals surface area contributed by atoms with Gasteiger partial charge < -0.3 is 15.2 Å². The Hall–Kier alpha value is -1.65. The average Bonchev–Trinajstić information content (AvgIpc) is 2.61. The quantitative estimate of drug-likeness (QED) is 0.509. The summed E-state index contributed by atoms with van der Waals surface area (Å²) in [6, 6.07) is 18.1. The highest BCUT2D eigenvalue weighted by atomic mass is 32.1. The van der Waals surface area contributed by atoms with Crippen molar-refractivity contribution in [2.45, 2.75) is 31.9 Å². The molecule has 2 N–H and O–H groups in total. The Morgan fingerprint density at radius 1 is 0.870 bits per heavy atom. The third-order valence-electron chi connectivity index (χ3n) is 3.54. The first-order valence-corrected chi connectivity index (χ1v) is 8.67. The van der Waals surface area contributed by atoms with Gasteiger partial charge in [-0.15, -0.1) is 0 Å². The van der Waals surface area contributed by atoms with Gasteiger partial charge in [-0.2, -0.15) is 12.6 Å². The first kappa shape index (κ1) is 17.7. The molecule has 0 heterocycles. The van der Waals surface area contributed by atoms with Gasteiger partial charge in [0.25, 0.3) is 0 Å². The molecule has 0 aliphatic rings. The van der Waals surface area contributed by atoms with Crippen LogP contribution in [0.5, 0.6) is 11.5 Å². The Morgan fingerprint density at radius 3 is 2.17 bits per heavy atom. The SMILES string of the molecule is NC(CS)CCCCOc1ccc(OCc2ccccc2)cc1. The molecule has 0 aromatic heterocycles. The Balaban J connectivity index is 1.66. The molecule has 4 heteroatoms. The number of hydrogen-bond acceptors (Lipinski definition) is 4. The first-order valence-electron chi connectivity index (χ1n) is 8.04. The van der Waals surface area contributed by atoms with E-state index in [0.29, 0.717) is 13.2 Å². The summed E-state index contributed by atoms with van der Waals surface area (Å²) in [6.45, 7) is 1.29. The van der Waals surface area contributed by atoms with Crippen molar-refractivity contribution in [3.8, 4) is 11.5 Å². The zero-order valence-electron chi connectivity index (χ0n) is 13.4. The number of nitrogens with two attached hydrogens (primary N) is 1. The Morgan fingerprint density at radius 2 is 1.52 bits per heavy atom. The van der Waals surface area contributed by atoms with E-state index in [1.54, 1.807) is 0 Å². The van der Waals surface area contributed by atoms with Gasteiger partial charge in [-0.05, 0) is 49.1 Å². The number of benzene rings is 2. The lowest BCUT2D eigenvalue weighted by atomic mass is 10.1. The molecule has 0 amide bonds. The molecule has 1 atom stereocenters. The molecule has 0 bridgehead atoms. The fourth-order valence-electron chi connectivity index (χ4n) is 2.16. The second-order valence-electron chi connectivity index (χ2n) is 5.53. The number of hydrogen-bond donors (Lipinski definition) is 2. The van der Waals surface area contributed by atoms with Crippen molar-refractivity contribution in [1.29, 1.82) is 0 Å². The van der Waals surface area contributed by atoms with Gasteiger partial charge in [0.05, 0.1) is 6.61 Å². The molecule has 0 radical (unpaired) electrons. The van der Waals surface area contributed by atoms with Crippen LogP contribution in [0.25, 0.3) is 0 Å². The van der Waals surface area contributed by atoms with E-state index in [1.807, 2.05) is 42.5 Å². The molecule has 1 unspecified atom stereocenters. The Bertz CT molecular complexity index is 545. The lowest BCUT2D eigenvalue weighted by molar-refractivity contribution is 0.296. The van der Waals surface area contributed by atoms with Crippen LogP contribution in [0.2, 0.25) is 0 Å². The van der Waals surface area contributed by atoms with Crippen molar-refractivity contribution >= 4 is 12.6 Å². The highest BCUT2D eigenvalue weighted by Gasteiger charge is 2.00. The molecule has 0 fully saturated rings. The van der Waals surface area contributed by atoms with E-state index < -0.39 is 0 Å². The maximum Gasteiger partial charge on any atom is 0.120 e. The molecule has 0 spiro atoms. The predicted octanol–water partition coefficient (Wildman–Crippen LogP) is 4.07. The van der Waals surface area contributed by atoms with E-state index in [2.05, 4.69) is 24.8 Å². The van der Waals surface area contributed by atoms with Crippen molar-refractivity contribution in [2.24, 2.45) is 5.73 Å². The third-order valence-corrected chi connectivity index (χ3v) is 4.01. The van der Waals surface area contributed by atoms with Crippen LogP contribution in [0.3, 0.4) is 0 Å². The first-order chi connectivity index (χ1) is 11.3. The standard InChI is InChI=1S/C19H25NO2S/c20-17(15-23)8-4-5-13-21-18-9-11-19(12-10-18)22-14-16-6-2-1-3-7-16/h1-3,6-7,9-12,17,23H,4-5,8,13-15,20H2. The van der Waals surface area contributed by atoms with Gasteiger partial charge in [0.1, 0.15) is 18.1 Å². The summed E-state index contributed by atoms with van der Waals surface area (Å²) in [5, 5.41) is 0. The second kappa shape index (κ2) is 10.2. The van der Waals surface area contributed by atoms with E-state index in [4.69, 9.17) is 15.2 Å². The summed E-state index contributed by atoms with van der Waals surface area (Å²) in [5.41, 5.74) is 6.98. The molecule has 0 aliphatic carbocycles. The smallest absolute Gasteiger partial charge is 0.120 e. The summed E-state index contributed by atoms with van der Waals surface area (Å²) in [7, 11) is 0. The van der Waals surface area contributed by atoms with Gasteiger partial charge in [0.15, 0.2) is 0 Å². The molecule has 0 aliphatic heterocycles. The van der Waals surface area contributed by atoms with Crippen molar-refractivity contribution in [2.75, 3.05) is 12.4 Å². The van der Waals surface area contributed by atoms with Gasteiger partial charge in [0, 0.05) is 11.8 Å². The van der Waals surface area contributed by atoms with Crippen molar-refractivity contribution < 1.29 is 9.47 Å². The number of rotatable bonds is 10. The minimum atomic E-state index is 0.194. The molecular weight excluding hydrogens is 306 g/mol. The van der Waals surface area contributed by atoms with E-state index in [0.717, 1.165) is 42.1 Å². The molecule has 23 heavy (non-hydrogen) atoms. The molecule has 0 saturated carbocycles. The molecule has 2 aromatic carbocycles. The fraction of sp³-hybridized carbons (Fsp3) is 0.368. The summed E-state index contributed by atoms with van der Waals surface area (Å²) >= 11 is 4.18. The van der Waals surface area contributed by atoms with Crippen LogP contribution < -0.4 is 15.2 Å². The number of thiol groups is 1. The third kappa shape index (κ3) is 6.97. The van der Waals surface area contributed by atoms with Gasteiger partial charge >= 0.3 is 0 Å². The van der Waals surface area contributed by atoms with E-state index in [-0.39, 0.29) is 6.04 Å². The monoisotopic (exact) mass is 331 g/mol.